The summed E-state index contributed by atoms with van der Waals surface area (Å²) in [6.45, 7) is 7.34. The second kappa shape index (κ2) is 6.92. The first kappa shape index (κ1) is 16.5. The standard InChI is InChI=1S/C17H25N3O2/c1-11-5-4-8-20(10-11)17(22)14-6-7-15(12(2)9-14)19-16(21)13(3)18/h6-7,9,11,13H,4-5,8,10,18H2,1-3H3,(H,19,21)/t11?,13-/m0/s1. The molecule has 120 valence electrons. The second-order valence-electron chi connectivity index (χ2n) is 6.31. The predicted molar refractivity (Wildman–Crippen MR) is 87.8 cm³/mol. The molecule has 1 aromatic carbocycles. The monoisotopic (exact) mass is 303 g/mol. The number of nitrogens with two attached hydrogens (primary N) is 1. The van der Waals surface area contributed by atoms with Crippen molar-refractivity contribution in [3.63, 3.8) is 0 Å². The maximum atomic E-state index is 12.6. The van der Waals surface area contributed by atoms with Crippen LogP contribution in [0.2, 0.25) is 0 Å². The van der Waals surface area contributed by atoms with Crippen molar-refractivity contribution in [1.29, 1.82) is 0 Å². The molecular weight excluding hydrogens is 278 g/mol. The van der Waals surface area contributed by atoms with E-state index in [-0.39, 0.29) is 11.8 Å². The molecule has 0 bridgehead atoms. The molecule has 22 heavy (non-hydrogen) atoms. The summed E-state index contributed by atoms with van der Waals surface area (Å²) in [5.41, 5.74) is 7.79. The minimum Gasteiger partial charge on any atom is -0.338 e. The maximum Gasteiger partial charge on any atom is 0.253 e. The zero-order valence-electron chi connectivity index (χ0n) is 13.6. The summed E-state index contributed by atoms with van der Waals surface area (Å²) in [6.07, 6.45) is 2.25. The highest BCUT2D eigenvalue weighted by Gasteiger charge is 2.22. The number of hydrogen-bond acceptors (Lipinski definition) is 3. The van der Waals surface area contributed by atoms with Crippen LogP contribution in [0.25, 0.3) is 0 Å². The van der Waals surface area contributed by atoms with Crippen LogP contribution in [0.15, 0.2) is 18.2 Å². The number of piperidine rings is 1. The Morgan fingerprint density at radius 3 is 2.73 bits per heavy atom. The van der Waals surface area contributed by atoms with Crippen LogP contribution in [0.3, 0.4) is 0 Å². The molecule has 0 aliphatic carbocycles. The molecular formula is C17H25N3O2. The number of nitrogens with one attached hydrogen (secondary N) is 1. The number of likely N-dealkylation sites (tertiary alicyclic amines) is 1. The highest BCUT2D eigenvalue weighted by molar-refractivity contribution is 5.97. The molecule has 1 aliphatic heterocycles. The van der Waals surface area contributed by atoms with E-state index in [0.717, 1.165) is 25.1 Å². The molecule has 0 spiro atoms. The van der Waals surface area contributed by atoms with Crippen molar-refractivity contribution >= 4 is 17.5 Å². The van der Waals surface area contributed by atoms with Gasteiger partial charge in [0.25, 0.3) is 5.91 Å². The van der Waals surface area contributed by atoms with Gasteiger partial charge in [0.15, 0.2) is 0 Å². The third-order valence-corrected chi connectivity index (χ3v) is 4.09. The number of hydrogen-bond donors (Lipinski definition) is 2. The number of rotatable bonds is 3. The van der Waals surface area contributed by atoms with Crippen molar-refractivity contribution in [2.24, 2.45) is 11.7 Å². The molecule has 0 radical (unpaired) electrons. The van der Waals surface area contributed by atoms with Gasteiger partial charge >= 0.3 is 0 Å². The lowest BCUT2D eigenvalue weighted by Gasteiger charge is -2.31. The Morgan fingerprint density at radius 1 is 1.41 bits per heavy atom. The number of carbonyl (C=O) groups excluding carboxylic acids is 2. The van der Waals surface area contributed by atoms with Gasteiger partial charge in [0.2, 0.25) is 5.91 Å². The van der Waals surface area contributed by atoms with E-state index in [0.29, 0.717) is 17.2 Å². The summed E-state index contributed by atoms with van der Waals surface area (Å²) in [4.78, 5) is 26.1. The van der Waals surface area contributed by atoms with Crippen molar-refractivity contribution in [2.75, 3.05) is 18.4 Å². The highest BCUT2D eigenvalue weighted by atomic mass is 16.2. The van der Waals surface area contributed by atoms with Gasteiger partial charge in [0.1, 0.15) is 0 Å². The average Bonchev–Trinajstić information content (AvgIpc) is 2.48. The van der Waals surface area contributed by atoms with Crippen molar-refractivity contribution in [2.45, 2.75) is 39.7 Å². The van der Waals surface area contributed by atoms with Crippen LogP contribution in [-0.2, 0) is 4.79 Å². The lowest BCUT2D eigenvalue weighted by atomic mass is 9.99. The van der Waals surface area contributed by atoms with Crippen LogP contribution in [0.5, 0.6) is 0 Å². The topological polar surface area (TPSA) is 75.4 Å². The smallest absolute Gasteiger partial charge is 0.253 e. The number of carbonyl (C=O) groups is 2. The molecule has 5 heteroatoms. The maximum absolute atomic E-state index is 12.6. The van der Waals surface area contributed by atoms with Crippen LogP contribution in [0.4, 0.5) is 5.69 Å². The Balaban J connectivity index is 2.11. The lowest BCUT2D eigenvalue weighted by Crippen LogP contribution is -2.39. The van der Waals surface area contributed by atoms with E-state index in [1.807, 2.05) is 17.9 Å². The third kappa shape index (κ3) is 3.85. The SMILES string of the molecule is Cc1cc(C(=O)N2CCCC(C)C2)ccc1NC(=O)[C@H](C)N. The quantitative estimate of drug-likeness (QED) is 0.898. The summed E-state index contributed by atoms with van der Waals surface area (Å²) in [7, 11) is 0. The fourth-order valence-electron chi connectivity index (χ4n) is 2.74. The average molecular weight is 303 g/mol. The van der Waals surface area contributed by atoms with Crippen LogP contribution >= 0.6 is 0 Å². The van der Waals surface area contributed by atoms with Crippen molar-refractivity contribution < 1.29 is 9.59 Å². The van der Waals surface area contributed by atoms with E-state index in [4.69, 9.17) is 5.73 Å². The first-order chi connectivity index (χ1) is 10.4. The number of anilines is 1. The number of amides is 2. The van der Waals surface area contributed by atoms with E-state index in [1.54, 1.807) is 19.1 Å². The first-order valence-electron chi connectivity index (χ1n) is 7.85. The van der Waals surface area contributed by atoms with Gasteiger partial charge < -0.3 is 16.0 Å². The van der Waals surface area contributed by atoms with E-state index >= 15 is 0 Å². The zero-order chi connectivity index (χ0) is 16.3. The molecule has 2 amide bonds. The Bertz CT molecular complexity index is 569. The fraction of sp³-hybridized carbons (Fsp3) is 0.529. The van der Waals surface area contributed by atoms with Crippen LogP contribution in [0, 0.1) is 12.8 Å². The van der Waals surface area contributed by atoms with Gasteiger partial charge in [-0.1, -0.05) is 6.92 Å². The Morgan fingerprint density at radius 2 is 2.14 bits per heavy atom. The summed E-state index contributed by atoms with van der Waals surface area (Å²) in [5, 5.41) is 2.77. The van der Waals surface area contributed by atoms with Crippen LogP contribution in [-0.4, -0.2) is 35.8 Å². The molecule has 1 unspecified atom stereocenters. The van der Waals surface area contributed by atoms with Gasteiger partial charge in [-0.3, -0.25) is 9.59 Å². The van der Waals surface area contributed by atoms with Crippen molar-refractivity contribution in [1.82, 2.24) is 4.90 Å². The highest BCUT2D eigenvalue weighted by Crippen LogP contribution is 2.21. The van der Waals surface area contributed by atoms with Gasteiger partial charge in [0.05, 0.1) is 6.04 Å². The summed E-state index contributed by atoms with van der Waals surface area (Å²) >= 11 is 0. The van der Waals surface area contributed by atoms with Crippen molar-refractivity contribution in [3.05, 3.63) is 29.3 Å². The van der Waals surface area contributed by atoms with Gasteiger partial charge in [-0.15, -0.1) is 0 Å². The third-order valence-electron chi connectivity index (χ3n) is 4.09. The molecule has 1 saturated heterocycles. The minimum absolute atomic E-state index is 0.0692. The molecule has 1 aliphatic rings. The van der Waals surface area contributed by atoms with Crippen LogP contribution in [0.1, 0.15) is 42.6 Å². The van der Waals surface area contributed by atoms with E-state index in [9.17, 15) is 9.59 Å². The Hall–Kier alpha value is -1.88. The number of aryl methyl sites for hydroxylation is 1. The van der Waals surface area contributed by atoms with Gasteiger partial charge in [-0.25, -0.2) is 0 Å². The van der Waals surface area contributed by atoms with E-state index in [2.05, 4.69) is 12.2 Å². The Kier molecular flexibility index (Phi) is 5.19. The first-order valence-corrected chi connectivity index (χ1v) is 7.85. The minimum atomic E-state index is -0.560. The molecule has 1 heterocycles. The Labute approximate surface area is 131 Å². The lowest BCUT2D eigenvalue weighted by molar-refractivity contribution is -0.117. The summed E-state index contributed by atoms with van der Waals surface area (Å²) < 4.78 is 0. The van der Waals surface area contributed by atoms with Crippen molar-refractivity contribution in [3.8, 4) is 0 Å². The fourth-order valence-corrected chi connectivity index (χ4v) is 2.74. The normalized spacial score (nSPS) is 19.6. The molecule has 2 rings (SSSR count). The molecule has 1 fully saturated rings. The molecule has 5 nitrogen and oxygen atoms in total. The second-order valence-corrected chi connectivity index (χ2v) is 6.31. The van der Waals surface area contributed by atoms with Gasteiger partial charge in [0, 0.05) is 24.3 Å². The van der Waals surface area contributed by atoms with E-state index < -0.39 is 6.04 Å². The summed E-state index contributed by atoms with van der Waals surface area (Å²) in [5.74, 6) is 0.398. The number of nitrogens with zero attached hydrogens (tertiary/aromatic N) is 1. The molecule has 0 saturated carbocycles. The van der Waals surface area contributed by atoms with Gasteiger partial charge in [-0.05, 0) is 56.4 Å². The molecule has 1 aromatic rings. The van der Waals surface area contributed by atoms with Gasteiger partial charge in [-0.2, -0.15) is 0 Å². The molecule has 3 N–H and O–H groups in total. The zero-order valence-corrected chi connectivity index (χ0v) is 13.6. The molecule has 0 aromatic heterocycles. The number of benzene rings is 1. The van der Waals surface area contributed by atoms with Crippen LogP contribution < -0.4 is 11.1 Å². The summed E-state index contributed by atoms with van der Waals surface area (Å²) in [6, 6.07) is 4.82. The largest absolute Gasteiger partial charge is 0.338 e. The predicted octanol–water partition coefficient (Wildman–Crippen LogP) is 2.15. The van der Waals surface area contributed by atoms with E-state index in [1.165, 1.54) is 6.42 Å². The molecule has 2 atom stereocenters.